The molecule has 2 rings (SSSR count). The molecule has 0 aromatic carbocycles. The van der Waals surface area contributed by atoms with E-state index in [1.54, 1.807) is 11.4 Å². The average Bonchev–Trinajstić information content (AvgIpc) is 2.85. The molecule has 1 aliphatic rings. The first kappa shape index (κ1) is 12.0. The van der Waals surface area contributed by atoms with Gasteiger partial charge in [-0.2, -0.15) is 4.31 Å². The third-order valence-electron chi connectivity index (χ3n) is 2.93. The predicted octanol–water partition coefficient (Wildman–Crippen LogP) is 1.41. The monoisotopic (exact) mass is 261 g/mol. The first-order valence-corrected chi connectivity index (χ1v) is 7.58. The van der Waals surface area contributed by atoms with Crippen molar-refractivity contribution in [1.82, 2.24) is 4.31 Å². The van der Waals surface area contributed by atoms with Crippen LogP contribution in [0.1, 0.15) is 24.6 Å². The molecule has 1 N–H and O–H groups in total. The second-order valence-electron chi connectivity index (χ2n) is 3.97. The molecule has 90 valence electrons. The van der Waals surface area contributed by atoms with Gasteiger partial charge in [-0.1, -0.05) is 0 Å². The van der Waals surface area contributed by atoms with E-state index in [0.29, 0.717) is 11.4 Å². The number of aliphatic hydroxyl groups excluding tert-OH is 1. The Bertz CT molecular complexity index is 466. The van der Waals surface area contributed by atoms with Crippen LogP contribution in [-0.2, 0) is 16.6 Å². The minimum atomic E-state index is -3.40. The molecule has 16 heavy (non-hydrogen) atoms. The predicted molar refractivity (Wildman–Crippen MR) is 62.8 cm³/mol. The number of hydrogen-bond acceptors (Lipinski definition) is 4. The number of nitrogens with zero attached hydrogens (tertiary/aromatic N) is 1. The lowest BCUT2D eigenvalue weighted by atomic mass is 10.3. The summed E-state index contributed by atoms with van der Waals surface area (Å²) in [6.07, 6.45) is 1.83. The molecular weight excluding hydrogens is 246 g/mol. The molecule has 0 radical (unpaired) electrons. The van der Waals surface area contributed by atoms with E-state index in [1.807, 2.05) is 6.92 Å². The Morgan fingerprint density at radius 2 is 2.38 bits per heavy atom. The fourth-order valence-corrected chi connectivity index (χ4v) is 5.03. The summed E-state index contributed by atoms with van der Waals surface area (Å²) in [4.78, 5) is 0.799. The summed E-state index contributed by atoms with van der Waals surface area (Å²) in [6, 6.07) is 1.65. The molecule has 1 aromatic rings. The van der Waals surface area contributed by atoms with Gasteiger partial charge in [0.25, 0.3) is 0 Å². The molecule has 0 bridgehead atoms. The van der Waals surface area contributed by atoms with Crippen molar-refractivity contribution in [2.75, 3.05) is 6.54 Å². The minimum absolute atomic E-state index is 0.0662. The van der Waals surface area contributed by atoms with E-state index < -0.39 is 10.0 Å². The lowest BCUT2D eigenvalue weighted by Gasteiger charge is -2.20. The molecule has 4 nitrogen and oxygen atoms in total. The van der Waals surface area contributed by atoms with Crippen molar-refractivity contribution >= 4 is 21.4 Å². The third kappa shape index (κ3) is 1.90. The van der Waals surface area contributed by atoms with Gasteiger partial charge in [-0.15, -0.1) is 11.3 Å². The summed E-state index contributed by atoms with van der Waals surface area (Å²) < 4.78 is 26.2. The SMILES string of the molecule is CC1CCCN1S(=O)(=O)c1ccsc1CO. The van der Waals surface area contributed by atoms with Gasteiger partial charge in [0.2, 0.25) is 10.0 Å². The van der Waals surface area contributed by atoms with Crippen LogP contribution in [0.25, 0.3) is 0 Å². The van der Waals surface area contributed by atoms with Crippen LogP contribution in [0.15, 0.2) is 16.3 Å². The number of aliphatic hydroxyl groups is 1. The summed E-state index contributed by atoms with van der Waals surface area (Å²) in [5.41, 5.74) is 0. The smallest absolute Gasteiger partial charge is 0.244 e. The molecule has 0 amide bonds. The van der Waals surface area contributed by atoms with Gasteiger partial charge in [-0.3, -0.25) is 0 Å². The van der Waals surface area contributed by atoms with Crippen LogP contribution >= 0.6 is 11.3 Å². The maximum atomic E-state index is 12.3. The van der Waals surface area contributed by atoms with Crippen LogP contribution in [0.3, 0.4) is 0 Å². The molecule has 1 aliphatic heterocycles. The Balaban J connectivity index is 2.39. The van der Waals surface area contributed by atoms with Gasteiger partial charge in [0.1, 0.15) is 0 Å². The van der Waals surface area contributed by atoms with E-state index in [0.717, 1.165) is 12.8 Å². The van der Waals surface area contributed by atoms with Gasteiger partial charge in [0, 0.05) is 17.5 Å². The normalized spacial score (nSPS) is 22.8. The molecule has 1 saturated heterocycles. The molecular formula is C10H15NO3S2. The second kappa shape index (κ2) is 4.44. The molecule has 0 spiro atoms. The van der Waals surface area contributed by atoms with Crippen LogP contribution < -0.4 is 0 Å². The van der Waals surface area contributed by atoms with Gasteiger partial charge >= 0.3 is 0 Å². The molecule has 0 saturated carbocycles. The first-order valence-electron chi connectivity index (χ1n) is 5.26. The van der Waals surface area contributed by atoms with Gasteiger partial charge in [-0.25, -0.2) is 8.42 Å². The van der Waals surface area contributed by atoms with E-state index in [-0.39, 0.29) is 17.5 Å². The molecule has 1 atom stereocenters. The molecule has 1 unspecified atom stereocenters. The van der Waals surface area contributed by atoms with Crippen LogP contribution in [-0.4, -0.2) is 30.4 Å². The summed E-state index contributed by atoms with van der Waals surface area (Å²) in [5, 5.41) is 10.8. The standard InChI is InChI=1S/C10H15NO3S2/c1-8-3-2-5-11(8)16(13,14)10-4-6-15-9(10)7-12/h4,6,8,12H,2-3,5,7H2,1H3. The lowest BCUT2D eigenvalue weighted by molar-refractivity contribution is 0.282. The van der Waals surface area contributed by atoms with Crippen molar-refractivity contribution in [1.29, 1.82) is 0 Å². The van der Waals surface area contributed by atoms with Gasteiger partial charge < -0.3 is 5.11 Å². The maximum absolute atomic E-state index is 12.3. The van der Waals surface area contributed by atoms with Crippen molar-refractivity contribution in [2.24, 2.45) is 0 Å². The van der Waals surface area contributed by atoms with E-state index in [2.05, 4.69) is 0 Å². The number of thiophene rings is 1. The number of sulfonamides is 1. The van der Waals surface area contributed by atoms with Crippen molar-refractivity contribution in [3.05, 3.63) is 16.3 Å². The van der Waals surface area contributed by atoms with Gasteiger partial charge in [-0.05, 0) is 31.2 Å². The largest absolute Gasteiger partial charge is 0.391 e. The van der Waals surface area contributed by atoms with Crippen LogP contribution in [0.2, 0.25) is 0 Å². The van der Waals surface area contributed by atoms with Crippen molar-refractivity contribution in [3.8, 4) is 0 Å². The quantitative estimate of drug-likeness (QED) is 0.895. The number of hydrogen-bond donors (Lipinski definition) is 1. The Labute approximate surface area is 99.6 Å². The van der Waals surface area contributed by atoms with Crippen LogP contribution in [0.5, 0.6) is 0 Å². The Morgan fingerprint density at radius 1 is 1.62 bits per heavy atom. The molecule has 1 aromatic heterocycles. The summed E-state index contributed by atoms with van der Waals surface area (Å²) >= 11 is 1.28. The third-order valence-corrected chi connectivity index (χ3v) is 6.06. The summed E-state index contributed by atoms with van der Waals surface area (Å²) in [5.74, 6) is 0. The second-order valence-corrected chi connectivity index (χ2v) is 6.83. The summed E-state index contributed by atoms with van der Waals surface area (Å²) in [6.45, 7) is 2.30. The summed E-state index contributed by atoms with van der Waals surface area (Å²) in [7, 11) is -3.40. The highest BCUT2D eigenvalue weighted by atomic mass is 32.2. The fraction of sp³-hybridized carbons (Fsp3) is 0.600. The Morgan fingerprint density at radius 3 is 2.94 bits per heavy atom. The first-order chi connectivity index (χ1) is 7.57. The highest BCUT2D eigenvalue weighted by Gasteiger charge is 2.34. The van der Waals surface area contributed by atoms with E-state index in [9.17, 15) is 8.42 Å². The van der Waals surface area contributed by atoms with E-state index >= 15 is 0 Å². The van der Waals surface area contributed by atoms with Crippen molar-refractivity contribution in [3.63, 3.8) is 0 Å². The molecule has 2 heterocycles. The van der Waals surface area contributed by atoms with E-state index in [1.165, 1.54) is 15.6 Å². The Hall–Kier alpha value is -0.430. The maximum Gasteiger partial charge on any atom is 0.244 e. The minimum Gasteiger partial charge on any atom is -0.391 e. The zero-order valence-electron chi connectivity index (χ0n) is 9.09. The highest BCUT2D eigenvalue weighted by Crippen LogP contribution is 2.30. The average molecular weight is 261 g/mol. The number of rotatable bonds is 3. The highest BCUT2D eigenvalue weighted by molar-refractivity contribution is 7.89. The zero-order chi connectivity index (χ0) is 11.8. The van der Waals surface area contributed by atoms with Crippen molar-refractivity contribution in [2.45, 2.75) is 37.3 Å². The Kier molecular flexibility index (Phi) is 3.34. The van der Waals surface area contributed by atoms with Crippen LogP contribution in [0, 0.1) is 0 Å². The molecule has 1 fully saturated rings. The van der Waals surface area contributed by atoms with Gasteiger partial charge in [0.05, 0.1) is 11.5 Å². The van der Waals surface area contributed by atoms with Crippen molar-refractivity contribution < 1.29 is 13.5 Å². The van der Waals surface area contributed by atoms with Crippen LogP contribution in [0.4, 0.5) is 0 Å². The zero-order valence-corrected chi connectivity index (χ0v) is 10.7. The topological polar surface area (TPSA) is 57.6 Å². The lowest BCUT2D eigenvalue weighted by Crippen LogP contribution is -2.33. The molecule has 0 aliphatic carbocycles. The fourth-order valence-electron chi connectivity index (χ4n) is 2.06. The van der Waals surface area contributed by atoms with Gasteiger partial charge in [0.15, 0.2) is 0 Å². The molecule has 6 heteroatoms. The van der Waals surface area contributed by atoms with E-state index in [4.69, 9.17) is 5.11 Å².